The molecule has 3 amide bonds. The van der Waals surface area contributed by atoms with Crippen molar-refractivity contribution >= 4 is 35.4 Å². The van der Waals surface area contributed by atoms with Gasteiger partial charge in [0, 0.05) is 12.2 Å². The van der Waals surface area contributed by atoms with E-state index in [1.54, 1.807) is 32.5 Å². The van der Waals surface area contributed by atoms with Crippen LogP contribution in [-0.2, 0) is 14.3 Å². The number of carbonyl (C=O) groups excluding carboxylic acids is 3. The number of anilines is 1. The highest BCUT2D eigenvalue weighted by Gasteiger charge is 2.37. The Morgan fingerprint density at radius 2 is 1.67 bits per heavy atom. The van der Waals surface area contributed by atoms with E-state index >= 15 is 0 Å². The van der Waals surface area contributed by atoms with Crippen molar-refractivity contribution in [2.24, 2.45) is 0 Å². The quantitative estimate of drug-likeness (QED) is 0.356. The first kappa shape index (κ1) is 32.2. The van der Waals surface area contributed by atoms with Crippen LogP contribution < -0.4 is 10.6 Å². The van der Waals surface area contributed by atoms with Gasteiger partial charge in [-0.05, 0) is 89.1 Å². The van der Waals surface area contributed by atoms with Gasteiger partial charge in [0.05, 0.1) is 6.61 Å². The summed E-state index contributed by atoms with van der Waals surface area (Å²) in [6, 6.07) is 9.51. The maximum atomic E-state index is 14.1. The molecule has 0 saturated heterocycles. The highest BCUT2D eigenvalue weighted by atomic mass is 32.2. The van der Waals surface area contributed by atoms with E-state index in [2.05, 4.69) is 10.6 Å². The minimum Gasteiger partial charge on any atom is -0.444 e. The number of rotatable bonds is 11. The van der Waals surface area contributed by atoms with E-state index in [1.165, 1.54) is 4.90 Å². The number of hydrogen-bond donors (Lipinski definition) is 3. The second-order valence-corrected chi connectivity index (χ2v) is 11.7. The fourth-order valence-corrected chi connectivity index (χ4v) is 4.80. The molecule has 2 atom stereocenters. The summed E-state index contributed by atoms with van der Waals surface area (Å²) in [7, 11) is 0. The summed E-state index contributed by atoms with van der Waals surface area (Å²) in [5.41, 5.74) is 4.15. The predicted molar refractivity (Wildman–Crippen MR) is 158 cm³/mol. The van der Waals surface area contributed by atoms with Crippen LogP contribution in [0, 0.1) is 27.7 Å². The number of nitrogens with zero attached hydrogens (tertiary/aromatic N) is 1. The first-order valence-corrected chi connectivity index (χ1v) is 14.5. The molecule has 0 bridgehead atoms. The summed E-state index contributed by atoms with van der Waals surface area (Å²) in [4.78, 5) is 42.2. The summed E-state index contributed by atoms with van der Waals surface area (Å²) in [5, 5.41) is 15.8. The lowest BCUT2D eigenvalue weighted by molar-refractivity contribution is -0.141. The normalized spacial score (nSPS) is 12.8. The van der Waals surface area contributed by atoms with Crippen LogP contribution in [0.1, 0.15) is 61.1 Å². The van der Waals surface area contributed by atoms with Crippen LogP contribution in [0.15, 0.2) is 36.4 Å². The Balaban J connectivity index is 2.58. The molecule has 9 heteroatoms. The van der Waals surface area contributed by atoms with Crippen molar-refractivity contribution in [3.05, 3.63) is 64.2 Å². The van der Waals surface area contributed by atoms with Gasteiger partial charge in [-0.1, -0.05) is 42.0 Å². The molecule has 39 heavy (non-hydrogen) atoms. The summed E-state index contributed by atoms with van der Waals surface area (Å²) >= 11 is 1.54. The molecule has 2 rings (SSSR count). The predicted octanol–water partition coefficient (Wildman–Crippen LogP) is 5.07. The van der Waals surface area contributed by atoms with Crippen LogP contribution in [0.2, 0.25) is 0 Å². The summed E-state index contributed by atoms with van der Waals surface area (Å²) < 4.78 is 5.41. The number of hydrogen-bond acceptors (Lipinski definition) is 6. The largest absolute Gasteiger partial charge is 0.444 e. The first-order chi connectivity index (χ1) is 18.3. The van der Waals surface area contributed by atoms with E-state index in [-0.39, 0.29) is 13.2 Å². The molecule has 2 aromatic carbocycles. The Morgan fingerprint density at radius 1 is 1.03 bits per heavy atom. The van der Waals surface area contributed by atoms with Crippen molar-refractivity contribution in [2.75, 3.05) is 30.5 Å². The van der Waals surface area contributed by atoms with E-state index in [4.69, 9.17) is 4.74 Å². The number of aliphatic hydroxyl groups excluding tert-OH is 1. The molecule has 2 unspecified atom stereocenters. The standard InChI is InChI=1S/C30H43N3O5S/c1-19-12-13-20(2)23(18-19)26(27(35)32-25-21(3)10-9-11-22(25)4)33(15-16-34)28(36)24(14-17-39-8)31-29(37)38-30(5,6)7/h9-13,18,24,26,34H,14-17H2,1-8H3,(H,31,37)(H,32,35). The number of amides is 3. The van der Waals surface area contributed by atoms with E-state index in [0.29, 0.717) is 23.4 Å². The Morgan fingerprint density at radius 3 is 2.23 bits per heavy atom. The minimum absolute atomic E-state index is 0.0944. The van der Waals surface area contributed by atoms with Crippen LogP contribution in [-0.4, -0.2) is 64.7 Å². The number of para-hydroxylation sites is 1. The average molecular weight is 558 g/mol. The first-order valence-electron chi connectivity index (χ1n) is 13.1. The Bertz CT molecular complexity index is 1140. The van der Waals surface area contributed by atoms with Gasteiger partial charge in [-0.25, -0.2) is 4.79 Å². The molecule has 0 heterocycles. The lowest BCUT2D eigenvalue weighted by atomic mass is 9.95. The smallest absolute Gasteiger partial charge is 0.408 e. The fourth-order valence-electron chi connectivity index (χ4n) is 4.33. The zero-order valence-electron chi connectivity index (χ0n) is 24.4. The lowest BCUT2D eigenvalue weighted by Gasteiger charge is -2.35. The third-order valence-electron chi connectivity index (χ3n) is 6.24. The molecule has 0 aliphatic heterocycles. The maximum Gasteiger partial charge on any atom is 0.408 e. The van der Waals surface area contributed by atoms with Gasteiger partial charge in [0.1, 0.15) is 17.7 Å². The Labute approximate surface area is 236 Å². The molecule has 0 fully saturated rings. The van der Waals surface area contributed by atoms with Crippen LogP contribution in [0.3, 0.4) is 0 Å². The second-order valence-electron chi connectivity index (χ2n) is 10.8. The van der Waals surface area contributed by atoms with Gasteiger partial charge < -0.3 is 25.4 Å². The number of carbonyl (C=O) groups is 3. The van der Waals surface area contributed by atoms with E-state index in [9.17, 15) is 19.5 Å². The number of nitrogens with one attached hydrogen (secondary N) is 2. The summed E-state index contributed by atoms with van der Waals surface area (Å²) in [5.74, 6) is -0.266. The molecule has 0 saturated carbocycles. The SMILES string of the molecule is CSCCC(NC(=O)OC(C)(C)C)C(=O)N(CCO)C(C(=O)Nc1c(C)cccc1C)c1cc(C)ccc1C. The molecule has 214 valence electrons. The monoisotopic (exact) mass is 557 g/mol. The van der Waals surface area contributed by atoms with Gasteiger partial charge in [-0.15, -0.1) is 0 Å². The molecule has 0 aromatic heterocycles. The third-order valence-corrected chi connectivity index (χ3v) is 6.89. The Hall–Kier alpha value is -3.04. The molecule has 2 aromatic rings. The van der Waals surface area contributed by atoms with Crippen molar-refractivity contribution in [1.29, 1.82) is 0 Å². The molecular formula is C30H43N3O5S. The van der Waals surface area contributed by atoms with Gasteiger partial charge >= 0.3 is 6.09 Å². The van der Waals surface area contributed by atoms with E-state index in [1.807, 2.05) is 70.3 Å². The van der Waals surface area contributed by atoms with Crippen LogP contribution in [0.25, 0.3) is 0 Å². The number of aliphatic hydroxyl groups is 1. The lowest BCUT2D eigenvalue weighted by Crippen LogP contribution is -2.53. The maximum absolute atomic E-state index is 14.1. The Kier molecular flexibility index (Phi) is 11.9. The molecule has 0 spiro atoms. The van der Waals surface area contributed by atoms with Crippen molar-refractivity contribution in [3.63, 3.8) is 0 Å². The van der Waals surface area contributed by atoms with E-state index in [0.717, 1.165) is 22.3 Å². The van der Waals surface area contributed by atoms with Crippen molar-refractivity contribution in [2.45, 2.75) is 72.6 Å². The van der Waals surface area contributed by atoms with Crippen molar-refractivity contribution < 1.29 is 24.2 Å². The van der Waals surface area contributed by atoms with Gasteiger partial charge in [-0.3, -0.25) is 9.59 Å². The molecule has 0 aliphatic carbocycles. The number of ether oxygens (including phenoxy) is 1. The second kappa shape index (κ2) is 14.4. The average Bonchev–Trinajstić information content (AvgIpc) is 2.84. The molecule has 3 N–H and O–H groups in total. The summed E-state index contributed by atoms with van der Waals surface area (Å²) in [6.45, 7) is 12.4. The van der Waals surface area contributed by atoms with Crippen molar-refractivity contribution in [3.8, 4) is 0 Å². The topological polar surface area (TPSA) is 108 Å². The molecule has 0 radical (unpaired) electrons. The van der Waals surface area contributed by atoms with Gasteiger partial charge in [0.2, 0.25) is 5.91 Å². The fraction of sp³-hybridized carbons (Fsp3) is 0.500. The number of alkyl carbamates (subject to hydrolysis) is 1. The highest BCUT2D eigenvalue weighted by Crippen LogP contribution is 2.29. The minimum atomic E-state index is -1.04. The number of thioether (sulfide) groups is 1. The van der Waals surface area contributed by atoms with E-state index < -0.39 is 35.6 Å². The van der Waals surface area contributed by atoms with Crippen LogP contribution >= 0.6 is 11.8 Å². The van der Waals surface area contributed by atoms with Gasteiger partial charge in [-0.2, -0.15) is 11.8 Å². The molecular weight excluding hydrogens is 514 g/mol. The number of aryl methyl sites for hydroxylation is 4. The zero-order valence-corrected chi connectivity index (χ0v) is 25.2. The third kappa shape index (κ3) is 9.28. The van der Waals surface area contributed by atoms with Gasteiger partial charge in [0.25, 0.3) is 5.91 Å². The van der Waals surface area contributed by atoms with Crippen molar-refractivity contribution in [1.82, 2.24) is 10.2 Å². The van der Waals surface area contributed by atoms with Crippen LogP contribution in [0.5, 0.6) is 0 Å². The number of benzene rings is 2. The van der Waals surface area contributed by atoms with Crippen LogP contribution in [0.4, 0.5) is 10.5 Å². The highest BCUT2D eigenvalue weighted by molar-refractivity contribution is 7.98. The summed E-state index contributed by atoms with van der Waals surface area (Å²) in [6.07, 6.45) is 1.53. The molecule has 8 nitrogen and oxygen atoms in total. The molecule has 0 aliphatic rings. The van der Waals surface area contributed by atoms with Gasteiger partial charge in [0.15, 0.2) is 0 Å². The zero-order chi connectivity index (χ0) is 29.3.